The molecule has 2 heterocycles. The average molecular weight is 434 g/mol. The molecule has 1 fully saturated rings. The quantitative estimate of drug-likeness (QED) is 0.653. The highest BCUT2D eigenvalue weighted by Gasteiger charge is 2.19. The Bertz CT molecular complexity index is 1090. The second kappa shape index (κ2) is 9.04. The zero-order valence-corrected chi connectivity index (χ0v) is 20.0. The first-order valence-electron chi connectivity index (χ1n) is 11.6. The lowest BCUT2D eigenvalue weighted by atomic mass is 9.87. The van der Waals surface area contributed by atoms with E-state index >= 15 is 0 Å². The van der Waals surface area contributed by atoms with E-state index in [1.165, 1.54) is 5.56 Å². The molecule has 0 saturated carbocycles. The standard InChI is InChI=1S/C26H35N5O/c1-6-30-13-15-31(16-14-30)18-24-28-22-17-21(11-12-23(22)29(24)5)27-25(32)19-7-9-20(10-8-19)26(2,3)4/h7-12,17H,6,13-16,18H2,1-5H3,(H,27,32). The normalized spacial score (nSPS) is 15.9. The maximum Gasteiger partial charge on any atom is 0.255 e. The first-order valence-corrected chi connectivity index (χ1v) is 11.6. The van der Waals surface area contributed by atoms with Crippen LogP contribution in [0.2, 0.25) is 0 Å². The maximum absolute atomic E-state index is 12.7. The molecule has 0 aliphatic carbocycles. The summed E-state index contributed by atoms with van der Waals surface area (Å²) in [6.07, 6.45) is 0. The van der Waals surface area contributed by atoms with Gasteiger partial charge in [0.15, 0.2) is 0 Å². The zero-order chi connectivity index (χ0) is 22.9. The Hall–Kier alpha value is -2.70. The van der Waals surface area contributed by atoms with Gasteiger partial charge in [-0.25, -0.2) is 4.98 Å². The van der Waals surface area contributed by atoms with Gasteiger partial charge in [-0.15, -0.1) is 0 Å². The van der Waals surface area contributed by atoms with Crippen LogP contribution in [0.25, 0.3) is 11.0 Å². The molecule has 32 heavy (non-hydrogen) atoms. The molecule has 1 saturated heterocycles. The molecule has 1 aliphatic rings. The molecule has 1 aliphatic heterocycles. The van der Waals surface area contributed by atoms with Crippen molar-refractivity contribution in [3.63, 3.8) is 0 Å². The van der Waals surface area contributed by atoms with Crippen LogP contribution >= 0.6 is 0 Å². The van der Waals surface area contributed by atoms with E-state index in [1.54, 1.807) is 0 Å². The predicted molar refractivity (Wildman–Crippen MR) is 131 cm³/mol. The van der Waals surface area contributed by atoms with Crippen LogP contribution in [0.1, 0.15) is 49.4 Å². The number of nitrogens with one attached hydrogen (secondary N) is 1. The van der Waals surface area contributed by atoms with Crippen molar-refractivity contribution in [2.75, 3.05) is 38.0 Å². The van der Waals surface area contributed by atoms with Gasteiger partial charge in [0, 0.05) is 44.5 Å². The third kappa shape index (κ3) is 4.87. The van der Waals surface area contributed by atoms with E-state index in [0.29, 0.717) is 5.56 Å². The molecule has 3 aromatic rings. The van der Waals surface area contributed by atoms with Crippen LogP contribution < -0.4 is 5.32 Å². The highest BCUT2D eigenvalue weighted by molar-refractivity contribution is 6.05. The van der Waals surface area contributed by atoms with Gasteiger partial charge in [-0.2, -0.15) is 0 Å². The zero-order valence-electron chi connectivity index (χ0n) is 20.0. The fraction of sp³-hybridized carbons (Fsp3) is 0.462. The van der Waals surface area contributed by atoms with Crippen LogP contribution in [-0.4, -0.2) is 58.0 Å². The summed E-state index contributed by atoms with van der Waals surface area (Å²) in [4.78, 5) is 22.6. The van der Waals surface area contributed by atoms with Crippen LogP contribution in [0.4, 0.5) is 5.69 Å². The summed E-state index contributed by atoms with van der Waals surface area (Å²) in [7, 11) is 2.07. The van der Waals surface area contributed by atoms with Crippen molar-refractivity contribution in [3.8, 4) is 0 Å². The summed E-state index contributed by atoms with van der Waals surface area (Å²) < 4.78 is 2.17. The van der Waals surface area contributed by atoms with Gasteiger partial charge >= 0.3 is 0 Å². The lowest BCUT2D eigenvalue weighted by Gasteiger charge is -2.33. The molecule has 0 bridgehead atoms. The third-order valence-electron chi connectivity index (χ3n) is 6.52. The van der Waals surface area contributed by atoms with E-state index in [0.717, 1.165) is 61.8 Å². The molecule has 0 radical (unpaired) electrons. The van der Waals surface area contributed by atoms with Gasteiger partial charge in [-0.3, -0.25) is 9.69 Å². The molecule has 0 spiro atoms. The molecule has 0 atom stereocenters. The number of benzene rings is 2. The molecule has 6 nitrogen and oxygen atoms in total. The Morgan fingerprint density at radius 1 is 1.00 bits per heavy atom. The summed E-state index contributed by atoms with van der Waals surface area (Å²) in [6.45, 7) is 15.1. The maximum atomic E-state index is 12.7. The van der Waals surface area contributed by atoms with Crippen molar-refractivity contribution in [2.45, 2.75) is 39.7 Å². The number of likely N-dealkylation sites (N-methyl/N-ethyl adjacent to an activating group) is 1. The van der Waals surface area contributed by atoms with Crippen molar-refractivity contribution < 1.29 is 4.79 Å². The summed E-state index contributed by atoms with van der Waals surface area (Å²) in [6, 6.07) is 13.8. The van der Waals surface area contributed by atoms with Crippen LogP contribution in [0.5, 0.6) is 0 Å². The van der Waals surface area contributed by atoms with E-state index in [2.05, 4.69) is 54.4 Å². The Morgan fingerprint density at radius 2 is 1.66 bits per heavy atom. The summed E-state index contributed by atoms with van der Waals surface area (Å²) in [5, 5.41) is 3.03. The number of hydrogen-bond acceptors (Lipinski definition) is 4. The first-order chi connectivity index (χ1) is 15.2. The lowest BCUT2D eigenvalue weighted by Crippen LogP contribution is -2.45. The third-order valence-corrected chi connectivity index (χ3v) is 6.52. The van der Waals surface area contributed by atoms with Crippen LogP contribution in [0, 0.1) is 0 Å². The SMILES string of the molecule is CCN1CCN(Cc2nc3cc(NC(=O)c4ccc(C(C)(C)C)cc4)ccc3n2C)CC1. The van der Waals surface area contributed by atoms with Crippen molar-refractivity contribution in [1.29, 1.82) is 0 Å². The lowest BCUT2D eigenvalue weighted by molar-refractivity contribution is 0.102. The predicted octanol–water partition coefficient (Wildman–Crippen LogP) is 4.26. The van der Waals surface area contributed by atoms with Crippen molar-refractivity contribution in [3.05, 3.63) is 59.4 Å². The minimum absolute atomic E-state index is 0.0698. The van der Waals surface area contributed by atoms with Gasteiger partial charge in [-0.1, -0.05) is 39.8 Å². The molecule has 6 heteroatoms. The molecule has 1 N–H and O–H groups in total. The molecule has 1 aromatic heterocycles. The highest BCUT2D eigenvalue weighted by Crippen LogP contribution is 2.24. The monoisotopic (exact) mass is 433 g/mol. The molecular weight excluding hydrogens is 398 g/mol. The van der Waals surface area contributed by atoms with E-state index in [9.17, 15) is 4.79 Å². The van der Waals surface area contributed by atoms with Crippen LogP contribution in [0.15, 0.2) is 42.5 Å². The minimum atomic E-state index is -0.102. The van der Waals surface area contributed by atoms with Crippen molar-refractivity contribution in [1.82, 2.24) is 19.4 Å². The Balaban J connectivity index is 1.46. The van der Waals surface area contributed by atoms with E-state index in [4.69, 9.17) is 4.98 Å². The van der Waals surface area contributed by atoms with Gasteiger partial charge < -0.3 is 14.8 Å². The molecule has 4 rings (SSSR count). The number of hydrogen-bond donors (Lipinski definition) is 1. The largest absolute Gasteiger partial charge is 0.330 e. The van der Waals surface area contributed by atoms with Crippen LogP contribution in [0.3, 0.4) is 0 Å². The van der Waals surface area contributed by atoms with E-state index in [1.807, 2.05) is 42.5 Å². The molecule has 2 aromatic carbocycles. The number of rotatable bonds is 5. The number of aryl methyl sites for hydroxylation is 1. The molecule has 170 valence electrons. The van der Waals surface area contributed by atoms with Gasteiger partial charge in [0.25, 0.3) is 5.91 Å². The number of amides is 1. The average Bonchev–Trinajstić information content (AvgIpc) is 3.08. The van der Waals surface area contributed by atoms with Crippen molar-refractivity contribution >= 4 is 22.6 Å². The first kappa shape index (κ1) is 22.5. The molecule has 1 amide bonds. The van der Waals surface area contributed by atoms with Gasteiger partial charge in [0.2, 0.25) is 0 Å². The minimum Gasteiger partial charge on any atom is -0.330 e. The second-order valence-electron chi connectivity index (χ2n) is 9.78. The van der Waals surface area contributed by atoms with Gasteiger partial charge in [-0.05, 0) is 47.9 Å². The number of fused-ring (bicyclic) bond motifs is 1. The number of nitrogens with zero attached hydrogens (tertiary/aromatic N) is 4. The Labute approximate surface area is 191 Å². The number of anilines is 1. The number of piperazine rings is 1. The summed E-state index contributed by atoms with van der Waals surface area (Å²) >= 11 is 0. The van der Waals surface area contributed by atoms with Gasteiger partial charge in [0.1, 0.15) is 5.82 Å². The topological polar surface area (TPSA) is 53.4 Å². The fourth-order valence-electron chi connectivity index (χ4n) is 4.26. The number of aromatic nitrogens is 2. The number of imidazole rings is 1. The summed E-state index contributed by atoms with van der Waals surface area (Å²) in [5.41, 5.74) is 4.71. The Morgan fingerprint density at radius 3 is 2.28 bits per heavy atom. The van der Waals surface area contributed by atoms with Crippen LogP contribution in [-0.2, 0) is 19.0 Å². The summed E-state index contributed by atoms with van der Waals surface area (Å²) in [5.74, 6) is 0.959. The second-order valence-corrected chi connectivity index (χ2v) is 9.78. The number of carbonyl (C=O) groups excluding carboxylic acids is 1. The molecular formula is C26H35N5O. The van der Waals surface area contributed by atoms with E-state index < -0.39 is 0 Å². The molecule has 0 unspecified atom stereocenters. The highest BCUT2D eigenvalue weighted by atomic mass is 16.1. The Kier molecular flexibility index (Phi) is 6.35. The van der Waals surface area contributed by atoms with Gasteiger partial charge in [0.05, 0.1) is 17.6 Å². The van der Waals surface area contributed by atoms with E-state index in [-0.39, 0.29) is 11.3 Å². The fourth-order valence-corrected chi connectivity index (χ4v) is 4.26. The number of carbonyl (C=O) groups is 1. The smallest absolute Gasteiger partial charge is 0.255 e. The van der Waals surface area contributed by atoms with Crippen molar-refractivity contribution in [2.24, 2.45) is 7.05 Å².